The molecule has 0 fully saturated rings. The van der Waals surface area contributed by atoms with Gasteiger partial charge in [0, 0.05) is 12.0 Å². The zero-order chi connectivity index (χ0) is 12.1. The SMILES string of the molecule is CCC(N)C(CC(=O)O)c1ccc(C)cc1. The Hall–Kier alpha value is -1.35. The lowest BCUT2D eigenvalue weighted by Crippen LogP contribution is -2.29. The second kappa shape index (κ2) is 5.66. The van der Waals surface area contributed by atoms with Crippen LogP contribution in [0.15, 0.2) is 24.3 Å². The summed E-state index contributed by atoms with van der Waals surface area (Å²) >= 11 is 0. The molecule has 1 aromatic rings. The second-order valence-electron chi connectivity index (χ2n) is 4.19. The first kappa shape index (κ1) is 12.7. The number of hydrogen-bond acceptors (Lipinski definition) is 2. The van der Waals surface area contributed by atoms with Crippen LogP contribution in [-0.2, 0) is 4.79 Å². The topological polar surface area (TPSA) is 63.3 Å². The van der Waals surface area contributed by atoms with Gasteiger partial charge in [0.05, 0.1) is 6.42 Å². The molecule has 16 heavy (non-hydrogen) atoms. The fourth-order valence-electron chi connectivity index (χ4n) is 1.80. The van der Waals surface area contributed by atoms with Gasteiger partial charge in [-0.15, -0.1) is 0 Å². The van der Waals surface area contributed by atoms with Crippen LogP contribution in [0.3, 0.4) is 0 Å². The van der Waals surface area contributed by atoms with E-state index in [0.29, 0.717) is 0 Å². The molecule has 0 saturated carbocycles. The van der Waals surface area contributed by atoms with Gasteiger partial charge in [0.25, 0.3) is 0 Å². The summed E-state index contributed by atoms with van der Waals surface area (Å²) in [6, 6.07) is 7.83. The lowest BCUT2D eigenvalue weighted by Gasteiger charge is -2.21. The predicted octanol–water partition coefficient (Wildman–Crippen LogP) is 2.29. The van der Waals surface area contributed by atoms with Gasteiger partial charge in [-0.3, -0.25) is 4.79 Å². The molecule has 1 rings (SSSR count). The van der Waals surface area contributed by atoms with E-state index in [9.17, 15) is 4.79 Å². The molecule has 3 N–H and O–H groups in total. The van der Waals surface area contributed by atoms with E-state index >= 15 is 0 Å². The van der Waals surface area contributed by atoms with Crippen LogP contribution >= 0.6 is 0 Å². The molecule has 3 heteroatoms. The zero-order valence-corrected chi connectivity index (χ0v) is 9.81. The van der Waals surface area contributed by atoms with Crippen molar-refractivity contribution in [3.63, 3.8) is 0 Å². The van der Waals surface area contributed by atoms with Gasteiger partial charge in [-0.25, -0.2) is 0 Å². The molecule has 0 aliphatic carbocycles. The number of aliphatic carboxylic acids is 1. The number of carboxylic acid groups (broad SMARTS) is 1. The van der Waals surface area contributed by atoms with Gasteiger partial charge in [0.15, 0.2) is 0 Å². The molecule has 0 spiro atoms. The molecule has 0 aliphatic heterocycles. The number of benzene rings is 1. The van der Waals surface area contributed by atoms with Crippen molar-refractivity contribution in [2.45, 2.75) is 38.6 Å². The number of carbonyl (C=O) groups is 1. The largest absolute Gasteiger partial charge is 0.481 e. The number of carboxylic acids is 1. The van der Waals surface area contributed by atoms with Crippen molar-refractivity contribution < 1.29 is 9.90 Å². The molecule has 88 valence electrons. The first-order valence-electron chi connectivity index (χ1n) is 5.58. The Kier molecular flexibility index (Phi) is 4.50. The minimum absolute atomic E-state index is 0.0944. The second-order valence-corrected chi connectivity index (χ2v) is 4.19. The van der Waals surface area contributed by atoms with Crippen LogP contribution in [0.2, 0.25) is 0 Å². The van der Waals surface area contributed by atoms with E-state index in [1.165, 1.54) is 5.56 Å². The molecular formula is C13H19NO2. The normalized spacial score (nSPS) is 14.4. The Morgan fingerprint density at radius 3 is 2.38 bits per heavy atom. The molecule has 0 amide bonds. The van der Waals surface area contributed by atoms with Crippen LogP contribution < -0.4 is 5.73 Å². The van der Waals surface area contributed by atoms with E-state index in [-0.39, 0.29) is 18.4 Å². The quantitative estimate of drug-likeness (QED) is 0.801. The monoisotopic (exact) mass is 221 g/mol. The molecule has 3 nitrogen and oxygen atoms in total. The minimum Gasteiger partial charge on any atom is -0.481 e. The maximum atomic E-state index is 10.8. The van der Waals surface area contributed by atoms with Crippen molar-refractivity contribution in [2.75, 3.05) is 0 Å². The summed E-state index contributed by atoms with van der Waals surface area (Å²) in [4.78, 5) is 10.8. The van der Waals surface area contributed by atoms with E-state index < -0.39 is 5.97 Å². The summed E-state index contributed by atoms with van der Waals surface area (Å²) in [6.45, 7) is 3.99. The number of hydrogen-bond donors (Lipinski definition) is 2. The van der Waals surface area contributed by atoms with Crippen LogP contribution in [0.1, 0.15) is 36.8 Å². The lowest BCUT2D eigenvalue weighted by atomic mass is 9.87. The van der Waals surface area contributed by atoms with Crippen LogP contribution in [0.4, 0.5) is 0 Å². The molecular weight excluding hydrogens is 202 g/mol. The van der Waals surface area contributed by atoms with Crippen molar-refractivity contribution in [3.05, 3.63) is 35.4 Å². The molecule has 0 aliphatic rings. The van der Waals surface area contributed by atoms with Crippen LogP contribution in [0.5, 0.6) is 0 Å². The molecule has 0 bridgehead atoms. The molecule has 0 heterocycles. The number of rotatable bonds is 5. The van der Waals surface area contributed by atoms with Crippen LogP contribution in [-0.4, -0.2) is 17.1 Å². The summed E-state index contributed by atoms with van der Waals surface area (Å²) in [7, 11) is 0. The highest BCUT2D eigenvalue weighted by Gasteiger charge is 2.21. The van der Waals surface area contributed by atoms with E-state index in [1.807, 2.05) is 38.1 Å². The maximum Gasteiger partial charge on any atom is 0.304 e. The van der Waals surface area contributed by atoms with Crippen molar-refractivity contribution >= 4 is 5.97 Å². The van der Waals surface area contributed by atoms with Gasteiger partial charge >= 0.3 is 5.97 Å². The van der Waals surface area contributed by atoms with Crippen molar-refractivity contribution in [1.82, 2.24) is 0 Å². The third-order valence-electron chi connectivity index (χ3n) is 2.89. The molecule has 0 aromatic heterocycles. The first-order chi connectivity index (χ1) is 7.54. The number of nitrogens with two attached hydrogens (primary N) is 1. The molecule has 1 aromatic carbocycles. The highest BCUT2D eigenvalue weighted by Crippen LogP contribution is 2.24. The van der Waals surface area contributed by atoms with E-state index in [2.05, 4.69) is 0 Å². The molecule has 2 atom stereocenters. The van der Waals surface area contributed by atoms with Crippen LogP contribution in [0.25, 0.3) is 0 Å². The van der Waals surface area contributed by atoms with Crippen molar-refractivity contribution in [3.8, 4) is 0 Å². The van der Waals surface area contributed by atoms with E-state index in [4.69, 9.17) is 10.8 Å². The Morgan fingerprint density at radius 2 is 1.94 bits per heavy atom. The van der Waals surface area contributed by atoms with E-state index in [0.717, 1.165) is 12.0 Å². The number of aryl methyl sites for hydroxylation is 1. The first-order valence-corrected chi connectivity index (χ1v) is 5.58. The molecule has 2 unspecified atom stereocenters. The summed E-state index contributed by atoms with van der Waals surface area (Å²) < 4.78 is 0. The van der Waals surface area contributed by atoms with Crippen LogP contribution in [0, 0.1) is 6.92 Å². The third kappa shape index (κ3) is 3.35. The minimum atomic E-state index is -0.797. The average molecular weight is 221 g/mol. The Balaban J connectivity index is 2.91. The zero-order valence-electron chi connectivity index (χ0n) is 9.81. The smallest absolute Gasteiger partial charge is 0.304 e. The van der Waals surface area contributed by atoms with Gasteiger partial charge in [-0.05, 0) is 18.9 Å². The standard InChI is InChI=1S/C13H19NO2/c1-3-12(14)11(8-13(15)16)10-6-4-9(2)5-7-10/h4-7,11-12H,3,8,14H2,1-2H3,(H,15,16). The maximum absolute atomic E-state index is 10.8. The Labute approximate surface area is 96.3 Å². The van der Waals surface area contributed by atoms with Crippen molar-refractivity contribution in [1.29, 1.82) is 0 Å². The summed E-state index contributed by atoms with van der Waals surface area (Å²) in [5.74, 6) is -0.891. The average Bonchev–Trinajstić information content (AvgIpc) is 2.26. The lowest BCUT2D eigenvalue weighted by molar-refractivity contribution is -0.137. The van der Waals surface area contributed by atoms with Gasteiger partial charge in [-0.1, -0.05) is 36.8 Å². The Bertz CT molecular complexity index is 345. The van der Waals surface area contributed by atoms with E-state index in [1.54, 1.807) is 0 Å². The Morgan fingerprint density at radius 1 is 1.38 bits per heavy atom. The summed E-state index contributed by atoms with van der Waals surface area (Å²) in [5, 5.41) is 8.89. The van der Waals surface area contributed by atoms with Gasteiger partial charge in [0.2, 0.25) is 0 Å². The van der Waals surface area contributed by atoms with Crippen molar-refractivity contribution in [2.24, 2.45) is 5.73 Å². The van der Waals surface area contributed by atoms with Gasteiger partial charge in [-0.2, -0.15) is 0 Å². The fourth-order valence-corrected chi connectivity index (χ4v) is 1.80. The predicted molar refractivity (Wildman–Crippen MR) is 64.4 cm³/mol. The molecule has 0 saturated heterocycles. The van der Waals surface area contributed by atoms with Gasteiger partial charge in [0.1, 0.15) is 0 Å². The summed E-state index contributed by atoms with van der Waals surface area (Å²) in [5.41, 5.74) is 8.16. The highest BCUT2D eigenvalue weighted by molar-refractivity contribution is 5.68. The summed E-state index contributed by atoms with van der Waals surface area (Å²) in [6.07, 6.45) is 0.879. The molecule has 0 radical (unpaired) electrons. The third-order valence-corrected chi connectivity index (χ3v) is 2.89. The highest BCUT2D eigenvalue weighted by atomic mass is 16.4. The fraction of sp³-hybridized carbons (Fsp3) is 0.462. The van der Waals surface area contributed by atoms with Gasteiger partial charge < -0.3 is 10.8 Å².